The van der Waals surface area contributed by atoms with E-state index in [1.165, 1.54) is 24.8 Å². The van der Waals surface area contributed by atoms with E-state index in [1.807, 2.05) is 0 Å². The summed E-state index contributed by atoms with van der Waals surface area (Å²) in [5, 5.41) is 0. The molecule has 1 fully saturated rings. The Morgan fingerprint density at radius 3 is 2.50 bits per heavy atom. The molecule has 4 nitrogen and oxygen atoms in total. The monoisotopic (exact) mass is 306 g/mol. The van der Waals surface area contributed by atoms with E-state index in [1.54, 1.807) is 6.92 Å². The van der Waals surface area contributed by atoms with Crippen molar-refractivity contribution in [2.45, 2.75) is 57.7 Å². The van der Waals surface area contributed by atoms with Crippen molar-refractivity contribution in [1.29, 1.82) is 0 Å². The van der Waals surface area contributed by atoms with E-state index < -0.39 is 11.9 Å². The number of epoxide rings is 1. The summed E-state index contributed by atoms with van der Waals surface area (Å²) in [6.07, 6.45) is 7.14. The van der Waals surface area contributed by atoms with Crippen LogP contribution in [0.25, 0.3) is 0 Å². The van der Waals surface area contributed by atoms with E-state index in [0.29, 0.717) is 13.2 Å². The summed E-state index contributed by atoms with van der Waals surface area (Å²) in [6.45, 7) is 2.59. The molecule has 1 saturated heterocycles. The predicted octanol–water partition coefficient (Wildman–Crippen LogP) is 4.47. The fraction of sp³-hybridized carbons (Fsp3) is 0.611. The minimum Gasteiger partial charge on any atom is -0.435 e. The van der Waals surface area contributed by atoms with Crippen LogP contribution in [-0.4, -0.2) is 25.2 Å². The van der Waals surface area contributed by atoms with Crippen molar-refractivity contribution in [3.63, 3.8) is 0 Å². The first kappa shape index (κ1) is 16.8. The molecular weight excluding hydrogens is 280 g/mol. The topological polar surface area (TPSA) is 48.1 Å². The van der Waals surface area contributed by atoms with E-state index in [-0.39, 0.29) is 0 Å². The maximum absolute atomic E-state index is 11.3. The highest BCUT2D eigenvalue weighted by Crippen LogP contribution is 2.34. The Hall–Kier alpha value is -1.55. The number of hydrogen-bond acceptors (Lipinski definition) is 4. The third kappa shape index (κ3) is 6.06. The van der Waals surface area contributed by atoms with Crippen molar-refractivity contribution < 1.29 is 19.0 Å². The van der Waals surface area contributed by atoms with Gasteiger partial charge in [-0.3, -0.25) is 0 Å². The highest BCUT2D eigenvalue weighted by atomic mass is 16.8. The van der Waals surface area contributed by atoms with Gasteiger partial charge < -0.3 is 14.2 Å². The second kappa shape index (κ2) is 8.79. The van der Waals surface area contributed by atoms with Crippen molar-refractivity contribution in [3.8, 4) is 0 Å². The molecule has 1 aromatic rings. The molecule has 1 aromatic carbocycles. The first-order valence-corrected chi connectivity index (χ1v) is 8.28. The number of carbonyl (C=O) groups is 1. The number of hydrogen-bond donors (Lipinski definition) is 0. The zero-order valence-electron chi connectivity index (χ0n) is 13.4. The van der Waals surface area contributed by atoms with Gasteiger partial charge in [-0.25, -0.2) is 4.79 Å². The van der Waals surface area contributed by atoms with E-state index in [0.717, 1.165) is 25.7 Å². The van der Waals surface area contributed by atoms with E-state index in [9.17, 15) is 4.79 Å². The van der Waals surface area contributed by atoms with Crippen LogP contribution >= 0.6 is 0 Å². The Labute approximate surface area is 132 Å². The predicted molar refractivity (Wildman–Crippen MR) is 84.6 cm³/mol. The van der Waals surface area contributed by atoms with Gasteiger partial charge in [0.2, 0.25) is 5.79 Å². The van der Waals surface area contributed by atoms with Gasteiger partial charge in [-0.1, -0.05) is 49.6 Å². The lowest BCUT2D eigenvalue weighted by atomic mass is 10.0. The molecular formula is C18H26O4. The van der Waals surface area contributed by atoms with Crippen LogP contribution in [0.5, 0.6) is 0 Å². The number of unbranched alkanes of at least 4 members (excludes halogenated alkanes) is 4. The molecule has 2 rings (SSSR count). The first-order valence-electron chi connectivity index (χ1n) is 8.28. The minimum atomic E-state index is -0.684. The summed E-state index contributed by atoms with van der Waals surface area (Å²) < 4.78 is 15.2. The lowest BCUT2D eigenvalue weighted by molar-refractivity contribution is -0.0381. The van der Waals surface area contributed by atoms with Gasteiger partial charge in [-0.15, -0.1) is 0 Å². The Balaban J connectivity index is 1.48. The van der Waals surface area contributed by atoms with Crippen LogP contribution in [0, 0.1) is 0 Å². The number of aryl methyl sites for hydroxylation is 1. The van der Waals surface area contributed by atoms with Crippen LogP contribution in [0.4, 0.5) is 4.79 Å². The Kier molecular flexibility index (Phi) is 6.72. The summed E-state index contributed by atoms with van der Waals surface area (Å²) in [5.41, 5.74) is 1.41. The van der Waals surface area contributed by atoms with Gasteiger partial charge in [0, 0.05) is 6.42 Å². The molecule has 1 aliphatic rings. The number of ether oxygens (including phenoxy) is 3. The van der Waals surface area contributed by atoms with Crippen LogP contribution in [0.3, 0.4) is 0 Å². The lowest BCUT2D eigenvalue weighted by Crippen LogP contribution is -2.22. The standard InChI is InChI=1S/C18H26O4/c1-2-20-17(19)22-18(15-21-18)14-10-5-3-4-7-11-16-12-8-6-9-13-16/h6,8-9,12-13H,2-5,7,10-11,14-15H2,1H3. The summed E-state index contributed by atoms with van der Waals surface area (Å²) in [7, 11) is 0. The zero-order chi connectivity index (χ0) is 15.7. The van der Waals surface area contributed by atoms with E-state index in [2.05, 4.69) is 30.3 Å². The molecule has 1 atom stereocenters. The molecule has 4 heteroatoms. The van der Waals surface area contributed by atoms with Gasteiger partial charge >= 0.3 is 6.16 Å². The van der Waals surface area contributed by atoms with E-state index in [4.69, 9.17) is 14.2 Å². The van der Waals surface area contributed by atoms with Gasteiger partial charge in [0.1, 0.15) is 6.61 Å². The molecule has 0 aliphatic carbocycles. The van der Waals surface area contributed by atoms with Crippen molar-refractivity contribution in [2.24, 2.45) is 0 Å². The summed E-state index contributed by atoms with van der Waals surface area (Å²) in [6, 6.07) is 10.6. The fourth-order valence-electron chi connectivity index (χ4n) is 2.53. The minimum absolute atomic E-state index is 0.330. The van der Waals surface area contributed by atoms with Crippen LogP contribution in [0.15, 0.2) is 30.3 Å². The molecule has 1 heterocycles. The summed E-state index contributed by atoms with van der Waals surface area (Å²) in [5.74, 6) is -0.684. The van der Waals surface area contributed by atoms with Gasteiger partial charge in [-0.05, 0) is 31.7 Å². The Bertz CT molecular complexity index is 440. The van der Waals surface area contributed by atoms with Crippen molar-refractivity contribution in [2.75, 3.05) is 13.2 Å². The maximum atomic E-state index is 11.3. The molecule has 0 radical (unpaired) electrons. The normalized spacial score (nSPS) is 19.7. The molecule has 0 N–H and O–H groups in total. The van der Waals surface area contributed by atoms with Crippen molar-refractivity contribution in [1.82, 2.24) is 0 Å². The molecule has 0 amide bonds. The summed E-state index contributed by atoms with van der Waals surface area (Å²) in [4.78, 5) is 11.3. The van der Waals surface area contributed by atoms with Gasteiger partial charge in [-0.2, -0.15) is 0 Å². The van der Waals surface area contributed by atoms with Gasteiger partial charge in [0.05, 0.1) is 6.61 Å². The average Bonchev–Trinajstić information content (AvgIpc) is 3.27. The van der Waals surface area contributed by atoms with Crippen LogP contribution in [-0.2, 0) is 20.6 Å². The van der Waals surface area contributed by atoms with Crippen LogP contribution in [0.1, 0.15) is 51.0 Å². The largest absolute Gasteiger partial charge is 0.510 e. The molecule has 0 saturated carbocycles. The number of rotatable bonds is 10. The van der Waals surface area contributed by atoms with E-state index >= 15 is 0 Å². The van der Waals surface area contributed by atoms with Crippen LogP contribution < -0.4 is 0 Å². The smallest absolute Gasteiger partial charge is 0.435 e. The molecule has 1 unspecified atom stereocenters. The lowest BCUT2D eigenvalue weighted by Gasteiger charge is -2.12. The molecule has 22 heavy (non-hydrogen) atoms. The maximum Gasteiger partial charge on any atom is 0.510 e. The fourth-order valence-corrected chi connectivity index (χ4v) is 2.53. The van der Waals surface area contributed by atoms with Crippen molar-refractivity contribution >= 4 is 6.16 Å². The number of carbonyl (C=O) groups excluding carboxylic acids is 1. The molecule has 0 bridgehead atoms. The second-order valence-corrected chi connectivity index (χ2v) is 5.74. The Morgan fingerprint density at radius 2 is 1.82 bits per heavy atom. The highest BCUT2D eigenvalue weighted by Gasteiger charge is 2.49. The first-order chi connectivity index (χ1) is 10.7. The highest BCUT2D eigenvalue weighted by molar-refractivity contribution is 5.60. The third-order valence-corrected chi connectivity index (χ3v) is 3.86. The van der Waals surface area contributed by atoms with Gasteiger partial charge in [0.25, 0.3) is 0 Å². The second-order valence-electron chi connectivity index (χ2n) is 5.74. The quantitative estimate of drug-likeness (QED) is 0.363. The Morgan fingerprint density at radius 1 is 1.14 bits per heavy atom. The molecule has 122 valence electrons. The van der Waals surface area contributed by atoms with Crippen LogP contribution in [0.2, 0.25) is 0 Å². The molecule has 0 spiro atoms. The third-order valence-electron chi connectivity index (χ3n) is 3.86. The summed E-state index contributed by atoms with van der Waals surface area (Å²) >= 11 is 0. The molecule has 1 aliphatic heterocycles. The van der Waals surface area contributed by atoms with Gasteiger partial charge in [0.15, 0.2) is 0 Å². The number of benzene rings is 1. The zero-order valence-corrected chi connectivity index (χ0v) is 13.4. The van der Waals surface area contributed by atoms with Crippen molar-refractivity contribution in [3.05, 3.63) is 35.9 Å². The SMILES string of the molecule is CCOC(=O)OC1(CCCCCCCc2ccccc2)CO1. The average molecular weight is 306 g/mol. The molecule has 0 aromatic heterocycles.